The lowest BCUT2D eigenvalue weighted by Crippen LogP contribution is -2.25. The van der Waals surface area contributed by atoms with Crippen molar-refractivity contribution in [1.29, 1.82) is 0 Å². The number of ether oxygens (including phenoxy) is 1. The smallest absolute Gasteiger partial charge is 0.220 e. The number of carbonyl (C=O) groups is 1. The standard InChI is InChI=1S/C20H25NO2/c1-15(2)23-19-12-9-17(10-13-19)14-18(20(21)22)11-8-16-6-4-3-5-7-16/h3-7,9-10,12-13,15,18H,8,11,14H2,1-2H3,(H2,21,22). The molecule has 0 aliphatic carbocycles. The molecule has 23 heavy (non-hydrogen) atoms. The molecule has 0 bridgehead atoms. The van der Waals surface area contributed by atoms with Gasteiger partial charge in [0.15, 0.2) is 0 Å². The van der Waals surface area contributed by atoms with Crippen LogP contribution in [0.4, 0.5) is 0 Å². The summed E-state index contributed by atoms with van der Waals surface area (Å²) in [6.45, 7) is 4.00. The highest BCUT2D eigenvalue weighted by molar-refractivity contribution is 5.77. The Morgan fingerprint density at radius 1 is 1.00 bits per heavy atom. The Bertz CT molecular complexity index is 605. The van der Waals surface area contributed by atoms with Crippen LogP contribution >= 0.6 is 0 Å². The predicted octanol–water partition coefficient (Wildman–Crippen LogP) is 3.75. The molecule has 0 spiro atoms. The van der Waals surface area contributed by atoms with Crippen LogP contribution in [-0.2, 0) is 17.6 Å². The first-order valence-electron chi connectivity index (χ1n) is 8.13. The summed E-state index contributed by atoms with van der Waals surface area (Å²) in [5.41, 5.74) is 7.93. The van der Waals surface area contributed by atoms with Crippen molar-refractivity contribution in [1.82, 2.24) is 0 Å². The SMILES string of the molecule is CC(C)Oc1ccc(CC(CCc2ccccc2)C(N)=O)cc1. The lowest BCUT2D eigenvalue weighted by atomic mass is 9.92. The van der Waals surface area contributed by atoms with Crippen LogP contribution in [0.3, 0.4) is 0 Å². The fourth-order valence-corrected chi connectivity index (χ4v) is 2.59. The van der Waals surface area contributed by atoms with Crippen LogP contribution in [0.15, 0.2) is 54.6 Å². The van der Waals surface area contributed by atoms with Crippen molar-refractivity contribution in [2.24, 2.45) is 11.7 Å². The maximum Gasteiger partial charge on any atom is 0.220 e. The fraction of sp³-hybridized carbons (Fsp3) is 0.350. The molecule has 1 atom stereocenters. The Morgan fingerprint density at radius 2 is 1.65 bits per heavy atom. The number of hydrogen-bond donors (Lipinski definition) is 1. The maximum absolute atomic E-state index is 11.7. The summed E-state index contributed by atoms with van der Waals surface area (Å²) < 4.78 is 5.64. The molecule has 0 radical (unpaired) electrons. The molecule has 0 saturated carbocycles. The van der Waals surface area contributed by atoms with E-state index in [2.05, 4.69) is 12.1 Å². The Balaban J connectivity index is 1.95. The molecule has 2 rings (SSSR count). The van der Waals surface area contributed by atoms with Gasteiger partial charge in [-0.25, -0.2) is 0 Å². The van der Waals surface area contributed by atoms with Crippen molar-refractivity contribution in [3.63, 3.8) is 0 Å². The average Bonchev–Trinajstić information content (AvgIpc) is 2.53. The summed E-state index contributed by atoms with van der Waals surface area (Å²) in [6, 6.07) is 18.1. The van der Waals surface area contributed by atoms with Crippen LogP contribution in [0.5, 0.6) is 5.75 Å². The Morgan fingerprint density at radius 3 is 2.22 bits per heavy atom. The number of rotatable bonds is 8. The van der Waals surface area contributed by atoms with E-state index in [1.807, 2.05) is 56.3 Å². The highest BCUT2D eigenvalue weighted by Crippen LogP contribution is 2.19. The molecule has 0 aliphatic rings. The number of amides is 1. The summed E-state index contributed by atoms with van der Waals surface area (Å²) in [4.78, 5) is 11.7. The van der Waals surface area contributed by atoms with Gasteiger partial charge >= 0.3 is 0 Å². The molecule has 3 heteroatoms. The van der Waals surface area contributed by atoms with E-state index < -0.39 is 0 Å². The first-order valence-corrected chi connectivity index (χ1v) is 8.13. The monoisotopic (exact) mass is 311 g/mol. The number of aryl methyl sites for hydroxylation is 1. The van der Waals surface area contributed by atoms with Crippen LogP contribution in [0.1, 0.15) is 31.4 Å². The van der Waals surface area contributed by atoms with Crippen molar-refractivity contribution >= 4 is 5.91 Å². The van der Waals surface area contributed by atoms with Gasteiger partial charge in [0.1, 0.15) is 5.75 Å². The van der Waals surface area contributed by atoms with Gasteiger partial charge in [-0.05, 0) is 56.4 Å². The van der Waals surface area contributed by atoms with Crippen LogP contribution in [-0.4, -0.2) is 12.0 Å². The molecule has 1 amide bonds. The minimum Gasteiger partial charge on any atom is -0.491 e. The maximum atomic E-state index is 11.7. The normalized spacial score (nSPS) is 12.1. The Hall–Kier alpha value is -2.29. The third kappa shape index (κ3) is 5.78. The van der Waals surface area contributed by atoms with Crippen molar-refractivity contribution in [3.05, 3.63) is 65.7 Å². The molecule has 0 aliphatic heterocycles. The molecule has 3 nitrogen and oxygen atoms in total. The van der Waals surface area contributed by atoms with E-state index in [4.69, 9.17) is 10.5 Å². The van der Waals surface area contributed by atoms with E-state index in [1.54, 1.807) is 0 Å². The zero-order valence-corrected chi connectivity index (χ0v) is 13.9. The first kappa shape index (κ1) is 17.1. The molecule has 1 unspecified atom stereocenters. The van der Waals surface area contributed by atoms with E-state index in [1.165, 1.54) is 5.56 Å². The van der Waals surface area contributed by atoms with E-state index in [0.717, 1.165) is 24.2 Å². The van der Waals surface area contributed by atoms with Gasteiger partial charge in [-0.15, -0.1) is 0 Å². The van der Waals surface area contributed by atoms with Gasteiger partial charge in [-0.2, -0.15) is 0 Å². The van der Waals surface area contributed by atoms with Gasteiger partial charge in [-0.3, -0.25) is 4.79 Å². The molecule has 0 fully saturated rings. The van der Waals surface area contributed by atoms with Crippen LogP contribution < -0.4 is 10.5 Å². The number of nitrogens with two attached hydrogens (primary N) is 1. The van der Waals surface area contributed by atoms with Crippen LogP contribution in [0.25, 0.3) is 0 Å². The minimum atomic E-state index is -0.233. The van der Waals surface area contributed by atoms with Gasteiger partial charge in [0.05, 0.1) is 6.10 Å². The second kappa shape index (κ2) is 8.37. The molecule has 0 aromatic heterocycles. The highest BCUT2D eigenvalue weighted by Gasteiger charge is 2.16. The van der Waals surface area contributed by atoms with Gasteiger partial charge in [0.25, 0.3) is 0 Å². The van der Waals surface area contributed by atoms with Crippen molar-refractivity contribution in [3.8, 4) is 5.75 Å². The van der Waals surface area contributed by atoms with Crippen molar-refractivity contribution in [2.45, 2.75) is 39.2 Å². The summed E-state index contributed by atoms with van der Waals surface area (Å²) in [6.07, 6.45) is 2.46. The third-order valence-corrected chi connectivity index (χ3v) is 3.80. The molecule has 0 heterocycles. The quantitative estimate of drug-likeness (QED) is 0.807. The number of primary amides is 1. The lowest BCUT2D eigenvalue weighted by molar-refractivity contribution is -0.121. The molecule has 2 aromatic rings. The third-order valence-electron chi connectivity index (χ3n) is 3.80. The summed E-state index contributed by atoms with van der Waals surface area (Å²) in [5.74, 6) is 0.471. The summed E-state index contributed by atoms with van der Waals surface area (Å²) in [7, 11) is 0. The summed E-state index contributed by atoms with van der Waals surface area (Å²) in [5, 5.41) is 0. The van der Waals surface area contributed by atoms with Crippen molar-refractivity contribution in [2.75, 3.05) is 0 Å². The van der Waals surface area contributed by atoms with E-state index in [9.17, 15) is 4.79 Å². The molecular weight excluding hydrogens is 286 g/mol. The van der Waals surface area contributed by atoms with Gasteiger partial charge in [-0.1, -0.05) is 42.5 Å². The topological polar surface area (TPSA) is 52.3 Å². The molecule has 2 aromatic carbocycles. The van der Waals surface area contributed by atoms with Gasteiger partial charge in [0.2, 0.25) is 5.91 Å². The minimum absolute atomic E-state index is 0.146. The molecular formula is C20H25NO2. The second-order valence-corrected chi connectivity index (χ2v) is 6.14. The van der Waals surface area contributed by atoms with Crippen LogP contribution in [0, 0.1) is 5.92 Å². The summed E-state index contributed by atoms with van der Waals surface area (Å²) >= 11 is 0. The predicted molar refractivity (Wildman–Crippen MR) is 93.4 cm³/mol. The first-order chi connectivity index (χ1) is 11.0. The van der Waals surface area contributed by atoms with Crippen LogP contribution in [0.2, 0.25) is 0 Å². The van der Waals surface area contributed by atoms with E-state index >= 15 is 0 Å². The van der Waals surface area contributed by atoms with Gasteiger partial charge < -0.3 is 10.5 Å². The van der Waals surface area contributed by atoms with Gasteiger partial charge in [0, 0.05) is 5.92 Å². The lowest BCUT2D eigenvalue weighted by Gasteiger charge is -2.14. The van der Waals surface area contributed by atoms with E-state index in [0.29, 0.717) is 6.42 Å². The number of hydrogen-bond acceptors (Lipinski definition) is 2. The number of carbonyl (C=O) groups excluding carboxylic acids is 1. The van der Waals surface area contributed by atoms with E-state index in [-0.39, 0.29) is 17.9 Å². The zero-order valence-electron chi connectivity index (χ0n) is 13.9. The Labute approximate surface area is 138 Å². The Kier molecular flexibility index (Phi) is 6.21. The second-order valence-electron chi connectivity index (χ2n) is 6.14. The highest BCUT2D eigenvalue weighted by atomic mass is 16.5. The fourth-order valence-electron chi connectivity index (χ4n) is 2.59. The average molecular weight is 311 g/mol. The van der Waals surface area contributed by atoms with Crippen molar-refractivity contribution < 1.29 is 9.53 Å². The zero-order chi connectivity index (χ0) is 16.7. The number of benzene rings is 2. The largest absolute Gasteiger partial charge is 0.491 e. The molecule has 122 valence electrons. The molecule has 0 saturated heterocycles. The molecule has 2 N–H and O–H groups in total.